The second-order valence-electron chi connectivity index (χ2n) is 8.24. The third-order valence-corrected chi connectivity index (χ3v) is 6.44. The molecule has 1 fully saturated rings. The first-order valence-electron chi connectivity index (χ1n) is 10.5. The molecule has 3 aromatic rings. The Balaban J connectivity index is 1.80. The molecule has 3 heterocycles. The highest BCUT2D eigenvalue weighted by Gasteiger charge is 2.41. The lowest BCUT2D eigenvalue weighted by atomic mass is 9.98. The van der Waals surface area contributed by atoms with E-state index in [0.29, 0.717) is 22.6 Å². The molecule has 1 saturated heterocycles. The average molecular weight is 486 g/mol. The van der Waals surface area contributed by atoms with E-state index in [1.54, 1.807) is 18.3 Å². The van der Waals surface area contributed by atoms with Gasteiger partial charge in [-0.05, 0) is 62.0 Å². The SMILES string of the molecule is COc1cc(N2C(=S)N[C@@H](c3ccccn3)[C@H]2c2ccn(C(C)C)c2)ccc1NS(C)(=O)=O. The Morgan fingerprint density at radius 3 is 2.61 bits per heavy atom. The lowest BCUT2D eigenvalue weighted by Crippen LogP contribution is -2.29. The van der Waals surface area contributed by atoms with Gasteiger partial charge in [-0.15, -0.1) is 0 Å². The quantitative estimate of drug-likeness (QED) is 0.489. The van der Waals surface area contributed by atoms with Crippen LogP contribution in [-0.2, 0) is 10.0 Å². The molecule has 0 unspecified atom stereocenters. The minimum Gasteiger partial charge on any atom is -0.494 e. The molecule has 2 atom stereocenters. The smallest absolute Gasteiger partial charge is 0.229 e. The van der Waals surface area contributed by atoms with Crippen LogP contribution in [0.15, 0.2) is 61.1 Å². The van der Waals surface area contributed by atoms with Crippen LogP contribution < -0.4 is 19.7 Å². The monoisotopic (exact) mass is 485 g/mol. The van der Waals surface area contributed by atoms with Crippen molar-refractivity contribution < 1.29 is 13.2 Å². The van der Waals surface area contributed by atoms with Gasteiger partial charge in [0, 0.05) is 36.4 Å². The van der Waals surface area contributed by atoms with Crippen LogP contribution in [0.4, 0.5) is 11.4 Å². The largest absolute Gasteiger partial charge is 0.494 e. The molecule has 10 heteroatoms. The first-order valence-corrected chi connectivity index (χ1v) is 12.8. The molecule has 33 heavy (non-hydrogen) atoms. The summed E-state index contributed by atoms with van der Waals surface area (Å²) >= 11 is 5.76. The molecule has 8 nitrogen and oxygen atoms in total. The number of methoxy groups -OCH3 is 1. The van der Waals surface area contributed by atoms with Gasteiger partial charge in [-0.2, -0.15) is 0 Å². The second kappa shape index (κ2) is 9.03. The number of aromatic nitrogens is 2. The number of nitrogens with zero attached hydrogens (tertiary/aromatic N) is 3. The molecule has 0 aliphatic carbocycles. The van der Waals surface area contributed by atoms with Crippen LogP contribution >= 0.6 is 12.2 Å². The van der Waals surface area contributed by atoms with Gasteiger partial charge in [0.1, 0.15) is 5.75 Å². The zero-order valence-corrected chi connectivity index (χ0v) is 20.5. The van der Waals surface area contributed by atoms with E-state index in [2.05, 4.69) is 51.9 Å². The predicted molar refractivity (Wildman–Crippen MR) is 134 cm³/mol. The molecular formula is C23H27N5O3S2. The van der Waals surface area contributed by atoms with E-state index >= 15 is 0 Å². The van der Waals surface area contributed by atoms with Crippen molar-refractivity contribution in [3.63, 3.8) is 0 Å². The molecule has 0 bridgehead atoms. The zero-order valence-electron chi connectivity index (χ0n) is 18.9. The summed E-state index contributed by atoms with van der Waals surface area (Å²) in [5, 5.41) is 3.98. The fraction of sp³-hybridized carbons (Fsp3) is 0.304. The third kappa shape index (κ3) is 4.81. The van der Waals surface area contributed by atoms with Crippen LogP contribution in [-0.4, -0.2) is 36.4 Å². The molecule has 1 aliphatic rings. The predicted octanol–water partition coefficient (Wildman–Crippen LogP) is 4.02. The molecular weight excluding hydrogens is 458 g/mol. The Labute approximate surface area is 199 Å². The Hall–Kier alpha value is -3.11. The van der Waals surface area contributed by atoms with E-state index in [1.807, 2.05) is 29.2 Å². The first-order chi connectivity index (χ1) is 15.7. The number of ether oxygens (including phenoxy) is 1. The number of rotatable bonds is 7. The van der Waals surface area contributed by atoms with Crippen molar-refractivity contribution in [2.24, 2.45) is 0 Å². The number of hydrogen-bond acceptors (Lipinski definition) is 5. The molecule has 1 aromatic carbocycles. The highest BCUT2D eigenvalue weighted by molar-refractivity contribution is 7.92. The molecule has 2 N–H and O–H groups in total. The van der Waals surface area contributed by atoms with Crippen molar-refractivity contribution in [2.45, 2.75) is 32.0 Å². The van der Waals surface area contributed by atoms with Gasteiger partial charge in [0.15, 0.2) is 5.11 Å². The average Bonchev–Trinajstić information content (AvgIpc) is 3.38. The van der Waals surface area contributed by atoms with E-state index in [-0.39, 0.29) is 12.1 Å². The summed E-state index contributed by atoms with van der Waals surface area (Å²) in [4.78, 5) is 6.60. The summed E-state index contributed by atoms with van der Waals surface area (Å²) < 4.78 is 33.6. The normalized spacial score (nSPS) is 18.5. The number of benzene rings is 1. The van der Waals surface area contributed by atoms with Crippen molar-refractivity contribution >= 4 is 38.7 Å². The maximum absolute atomic E-state index is 11.7. The Morgan fingerprint density at radius 1 is 1.21 bits per heavy atom. The lowest BCUT2D eigenvalue weighted by Gasteiger charge is -2.28. The fourth-order valence-electron chi connectivity index (χ4n) is 4.01. The fourth-order valence-corrected chi connectivity index (χ4v) is 4.93. The summed E-state index contributed by atoms with van der Waals surface area (Å²) in [5.41, 5.74) is 3.12. The van der Waals surface area contributed by atoms with Gasteiger partial charge in [0.2, 0.25) is 10.0 Å². The van der Waals surface area contributed by atoms with Crippen LogP contribution in [0.3, 0.4) is 0 Å². The van der Waals surface area contributed by atoms with E-state index < -0.39 is 10.0 Å². The van der Waals surface area contributed by atoms with Gasteiger partial charge >= 0.3 is 0 Å². The topological polar surface area (TPSA) is 88.5 Å². The Kier molecular flexibility index (Phi) is 6.31. The maximum Gasteiger partial charge on any atom is 0.229 e. The molecule has 1 aliphatic heterocycles. The molecule has 174 valence electrons. The number of hydrogen-bond donors (Lipinski definition) is 2. The number of anilines is 2. The van der Waals surface area contributed by atoms with Crippen molar-refractivity contribution in [2.75, 3.05) is 23.0 Å². The molecule has 2 aromatic heterocycles. The van der Waals surface area contributed by atoms with Crippen molar-refractivity contribution in [3.05, 3.63) is 72.3 Å². The molecule has 0 saturated carbocycles. The van der Waals surface area contributed by atoms with Crippen LogP contribution in [0.1, 0.15) is 43.2 Å². The number of thiocarbonyl (C=S) groups is 1. The lowest BCUT2D eigenvalue weighted by molar-refractivity contribution is 0.417. The molecule has 0 amide bonds. The first kappa shape index (κ1) is 23.1. The molecule has 0 spiro atoms. The molecule has 4 rings (SSSR count). The van der Waals surface area contributed by atoms with Crippen LogP contribution in [0.2, 0.25) is 0 Å². The van der Waals surface area contributed by atoms with Gasteiger partial charge in [-0.25, -0.2) is 8.42 Å². The van der Waals surface area contributed by atoms with Gasteiger partial charge in [0.05, 0.1) is 36.8 Å². The summed E-state index contributed by atoms with van der Waals surface area (Å²) in [5.74, 6) is 0.403. The highest BCUT2D eigenvalue weighted by atomic mass is 32.2. The zero-order chi connectivity index (χ0) is 23.8. The van der Waals surface area contributed by atoms with Gasteiger partial charge in [-0.1, -0.05) is 6.07 Å². The van der Waals surface area contributed by atoms with Crippen LogP contribution in [0.25, 0.3) is 0 Å². The van der Waals surface area contributed by atoms with E-state index in [1.165, 1.54) is 7.11 Å². The summed E-state index contributed by atoms with van der Waals surface area (Å²) in [6, 6.07) is 13.2. The standard InChI is InChI=1S/C23H27N5O3S2/c1-15(2)27-12-10-16(14-27)22-21(19-7-5-6-11-24-19)25-23(32)28(22)17-8-9-18(20(13-17)31-3)26-33(4,29)30/h5-15,21-22,26H,1-4H3,(H,25,32)/t21-,22+/m0/s1. The minimum atomic E-state index is -3.45. The van der Waals surface area contributed by atoms with Gasteiger partial charge < -0.3 is 19.5 Å². The summed E-state index contributed by atoms with van der Waals surface area (Å²) in [7, 11) is -1.95. The number of sulfonamides is 1. The summed E-state index contributed by atoms with van der Waals surface area (Å²) in [6.45, 7) is 4.27. The molecule has 0 radical (unpaired) electrons. The van der Waals surface area contributed by atoms with Crippen LogP contribution in [0, 0.1) is 0 Å². The number of nitrogens with one attached hydrogen (secondary N) is 2. The van der Waals surface area contributed by atoms with E-state index in [4.69, 9.17) is 17.0 Å². The van der Waals surface area contributed by atoms with E-state index in [9.17, 15) is 8.42 Å². The minimum absolute atomic E-state index is 0.161. The highest BCUT2D eigenvalue weighted by Crippen LogP contribution is 2.43. The van der Waals surface area contributed by atoms with Crippen LogP contribution in [0.5, 0.6) is 5.75 Å². The second-order valence-corrected chi connectivity index (χ2v) is 10.4. The van der Waals surface area contributed by atoms with Crippen molar-refractivity contribution in [1.29, 1.82) is 0 Å². The van der Waals surface area contributed by atoms with Gasteiger partial charge in [0.25, 0.3) is 0 Å². The van der Waals surface area contributed by atoms with Crippen molar-refractivity contribution in [3.8, 4) is 5.75 Å². The third-order valence-electron chi connectivity index (χ3n) is 5.53. The Morgan fingerprint density at radius 2 is 2.00 bits per heavy atom. The van der Waals surface area contributed by atoms with Gasteiger partial charge in [-0.3, -0.25) is 9.71 Å². The number of pyridine rings is 1. The Bertz CT molecular complexity index is 1260. The van der Waals surface area contributed by atoms with Crippen molar-refractivity contribution in [1.82, 2.24) is 14.9 Å². The summed E-state index contributed by atoms with van der Waals surface area (Å²) in [6.07, 6.45) is 7.07. The van der Waals surface area contributed by atoms with E-state index in [0.717, 1.165) is 23.2 Å². The maximum atomic E-state index is 11.7.